The Morgan fingerprint density at radius 2 is 1.65 bits per heavy atom. The van der Waals surface area contributed by atoms with Crippen LogP contribution in [0, 0.1) is 24.7 Å². The lowest BCUT2D eigenvalue weighted by Gasteiger charge is -2.38. The number of hydrogen-bond donors (Lipinski definition) is 0. The molecule has 1 aliphatic heterocycles. The Labute approximate surface area is 160 Å². The molecule has 2 nitrogen and oxygen atoms in total. The van der Waals surface area contributed by atoms with Crippen molar-refractivity contribution in [2.75, 3.05) is 13.2 Å². The van der Waals surface area contributed by atoms with Gasteiger partial charge >= 0.3 is 0 Å². The molecule has 0 N–H and O–H groups in total. The van der Waals surface area contributed by atoms with E-state index in [1.807, 2.05) is 0 Å². The first kappa shape index (κ1) is 19.9. The van der Waals surface area contributed by atoms with E-state index in [2.05, 4.69) is 39.0 Å². The van der Waals surface area contributed by atoms with Gasteiger partial charge in [-0.15, -0.1) is 0 Å². The monoisotopic (exact) mass is 358 g/mol. The minimum Gasteiger partial charge on any atom is -0.348 e. The van der Waals surface area contributed by atoms with Gasteiger partial charge in [-0.3, -0.25) is 0 Å². The van der Waals surface area contributed by atoms with E-state index in [4.69, 9.17) is 9.47 Å². The molecule has 2 fully saturated rings. The topological polar surface area (TPSA) is 18.5 Å². The zero-order valence-corrected chi connectivity index (χ0v) is 17.1. The molecule has 0 atom stereocenters. The van der Waals surface area contributed by atoms with Gasteiger partial charge in [0.1, 0.15) is 0 Å². The van der Waals surface area contributed by atoms with Gasteiger partial charge in [-0.1, -0.05) is 70.6 Å². The molecule has 2 aliphatic rings. The van der Waals surface area contributed by atoms with Gasteiger partial charge < -0.3 is 9.47 Å². The summed E-state index contributed by atoms with van der Waals surface area (Å²) in [6.07, 6.45) is 12.1. The van der Waals surface area contributed by atoms with Crippen LogP contribution in [0.1, 0.15) is 88.2 Å². The summed E-state index contributed by atoms with van der Waals surface area (Å²) in [4.78, 5) is 0. The van der Waals surface area contributed by atoms with Gasteiger partial charge in [0.25, 0.3) is 0 Å². The molecule has 0 amide bonds. The third kappa shape index (κ3) is 5.10. The van der Waals surface area contributed by atoms with E-state index in [1.165, 1.54) is 68.1 Å². The highest BCUT2D eigenvalue weighted by Gasteiger charge is 2.32. The third-order valence-electron chi connectivity index (χ3n) is 6.69. The van der Waals surface area contributed by atoms with Crippen LogP contribution in [0.5, 0.6) is 0 Å². The van der Waals surface area contributed by atoms with E-state index in [-0.39, 0.29) is 6.29 Å². The molecule has 1 aromatic carbocycles. The van der Waals surface area contributed by atoms with Crippen LogP contribution >= 0.6 is 0 Å². The lowest BCUT2D eigenvalue weighted by molar-refractivity contribution is -0.215. The summed E-state index contributed by atoms with van der Waals surface area (Å²) in [6.45, 7) is 8.40. The van der Waals surface area contributed by atoms with Crippen LogP contribution in [-0.4, -0.2) is 13.2 Å². The van der Waals surface area contributed by atoms with E-state index in [9.17, 15) is 0 Å². The second kappa shape index (κ2) is 9.90. The molecular weight excluding hydrogens is 320 g/mol. The van der Waals surface area contributed by atoms with Gasteiger partial charge in [-0.2, -0.15) is 0 Å². The highest BCUT2D eigenvalue weighted by atomic mass is 16.7. The van der Waals surface area contributed by atoms with Gasteiger partial charge in [0.05, 0.1) is 13.2 Å². The Morgan fingerprint density at radius 1 is 0.923 bits per heavy atom. The van der Waals surface area contributed by atoms with Crippen molar-refractivity contribution in [1.82, 2.24) is 0 Å². The van der Waals surface area contributed by atoms with Gasteiger partial charge in [0, 0.05) is 11.5 Å². The van der Waals surface area contributed by atoms with Crippen LogP contribution in [0.4, 0.5) is 0 Å². The summed E-state index contributed by atoms with van der Waals surface area (Å²) in [6, 6.07) is 6.68. The number of aryl methyl sites for hydroxylation is 2. The third-order valence-corrected chi connectivity index (χ3v) is 6.69. The average Bonchev–Trinajstić information content (AvgIpc) is 2.69. The Kier molecular flexibility index (Phi) is 7.57. The molecule has 2 heteroatoms. The fourth-order valence-corrected chi connectivity index (χ4v) is 4.82. The normalized spacial score (nSPS) is 29.7. The predicted molar refractivity (Wildman–Crippen MR) is 108 cm³/mol. The standard InChI is InChI=1S/C24H38O2/c1-4-6-7-8-20-9-12-21(13-10-20)22-16-25-24(26-17-22)23-14-11-19(5-2)15-18(23)3/h11,14-15,20-22,24H,4-10,12-13,16-17H2,1-3H3. The summed E-state index contributed by atoms with van der Waals surface area (Å²) in [5.74, 6) is 2.38. The van der Waals surface area contributed by atoms with Crippen LogP contribution in [0.2, 0.25) is 0 Å². The molecule has 3 rings (SSSR count). The fraction of sp³-hybridized carbons (Fsp3) is 0.750. The number of rotatable bonds is 7. The minimum atomic E-state index is -0.164. The molecule has 26 heavy (non-hydrogen) atoms. The summed E-state index contributed by atoms with van der Waals surface area (Å²) in [5.41, 5.74) is 3.89. The molecule has 0 spiro atoms. The Hall–Kier alpha value is -0.860. The van der Waals surface area contributed by atoms with E-state index in [0.717, 1.165) is 31.5 Å². The maximum Gasteiger partial charge on any atom is 0.184 e. The molecule has 1 aromatic rings. The largest absolute Gasteiger partial charge is 0.348 e. The second-order valence-corrected chi connectivity index (χ2v) is 8.58. The van der Waals surface area contributed by atoms with E-state index < -0.39 is 0 Å². The highest BCUT2D eigenvalue weighted by molar-refractivity contribution is 5.32. The molecule has 1 saturated heterocycles. The Morgan fingerprint density at radius 3 is 2.27 bits per heavy atom. The zero-order valence-electron chi connectivity index (χ0n) is 17.1. The lowest BCUT2D eigenvalue weighted by atomic mass is 9.74. The Balaban J connectivity index is 1.44. The van der Waals surface area contributed by atoms with Gasteiger partial charge in [-0.25, -0.2) is 0 Å². The van der Waals surface area contributed by atoms with Crippen molar-refractivity contribution in [3.05, 3.63) is 34.9 Å². The molecule has 0 unspecified atom stereocenters. The highest BCUT2D eigenvalue weighted by Crippen LogP contribution is 2.39. The van der Waals surface area contributed by atoms with Gasteiger partial charge in [0.2, 0.25) is 0 Å². The summed E-state index contributed by atoms with van der Waals surface area (Å²) in [5, 5.41) is 0. The minimum absolute atomic E-state index is 0.164. The maximum atomic E-state index is 6.17. The van der Waals surface area contributed by atoms with Gasteiger partial charge in [-0.05, 0) is 49.1 Å². The van der Waals surface area contributed by atoms with Crippen molar-refractivity contribution in [1.29, 1.82) is 0 Å². The zero-order chi connectivity index (χ0) is 18.4. The van der Waals surface area contributed by atoms with Crippen molar-refractivity contribution >= 4 is 0 Å². The van der Waals surface area contributed by atoms with E-state index in [1.54, 1.807) is 0 Å². The number of unbranched alkanes of at least 4 members (excludes halogenated alkanes) is 2. The lowest BCUT2D eigenvalue weighted by Crippen LogP contribution is -2.34. The molecule has 0 radical (unpaired) electrons. The maximum absolute atomic E-state index is 6.17. The second-order valence-electron chi connectivity index (χ2n) is 8.58. The van der Waals surface area contributed by atoms with Crippen LogP contribution in [-0.2, 0) is 15.9 Å². The first-order chi connectivity index (χ1) is 12.7. The van der Waals surface area contributed by atoms with Crippen LogP contribution in [0.15, 0.2) is 18.2 Å². The predicted octanol–water partition coefficient (Wildman–Crippen LogP) is 6.61. The fourth-order valence-electron chi connectivity index (χ4n) is 4.82. The average molecular weight is 359 g/mol. The first-order valence-corrected chi connectivity index (χ1v) is 11.0. The number of ether oxygens (including phenoxy) is 2. The van der Waals surface area contributed by atoms with E-state index in [0.29, 0.717) is 5.92 Å². The summed E-state index contributed by atoms with van der Waals surface area (Å²) in [7, 11) is 0. The summed E-state index contributed by atoms with van der Waals surface area (Å²) >= 11 is 0. The molecule has 0 bridgehead atoms. The first-order valence-electron chi connectivity index (χ1n) is 11.0. The summed E-state index contributed by atoms with van der Waals surface area (Å²) < 4.78 is 12.3. The Bertz CT molecular complexity index is 537. The smallest absolute Gasteiger partial charge is 0.184 e. The molecular formula is C24H38O2. The molecule has 1 aliphatic carbocycles. The van der Waals surface area contributed by atoms with Crippen LogP contribution in [0.25, 0.3) is 0 Å². The molecule has 0 aromatic heterocycles. The number of hydrogen-bond acceptors (Lipinski definition) is 2. The molecule has 1 heterocycles. The molecule has 1 saturated carbocycles. The van der Waals surface area contributed by atoms with Gasteiger partial charge in [0.15, 0.2) is 6.29 Å². The number of benzene rings is 1. The van der Waals surface area contributed by atoms with Crippen molar-refractivity contribution < 1.29 is 9.47 Å². The van der Waals surface area contributed by atoms with Crippen molar-refractivity contribution in [2.24, 2.45) is 17.8 Å². The molecule has 146 valence electrons. The van der Waals surface area contributed by atoms with Crippen molar-refractivity contribution in [2.45, 2.75) is 84.8 Å². The SMILES string of the molecule is CCCCCC1CCC(C2COC(c3ccc(CC)cc3C)OC2)CC1. The van der Waals surface area contributed by atoms with Crippen molar-refractivity contribution in [3.8, 4) is 0 Å². The van der Waals surface area contributed by atoms with Crippen LogP contribution < -0.4 is 0 Å². The van der Waals surface area contributed by atoms with E-state index >= 15 is 0 Å². The quantitative estimate of drug-likeness (QED) is 0.511. The van der Waals surface area contributed by atoms with Crippen molar-refractivity contribution in [3.63, 3.8) is 0 Å². The van der Waals surface area contributed by atoms with Crippen LogP contribution in [0.3, 0.4) is 0 Å².